The van der Waals surface area contributed by atoms with Crippen molar-refractivity contribution in [1.29, 1.82) is 0 Å². The fourth-order valence-corrected chi connectivity index (χ4v) is 5.76. The second-order valence-electron chi connectivity index (χ2n) is 13.5. The summed E-state index contributed by atoms with van der Waals surface area (Å²) in [6.07, 6.45) is -4.33. The molecule has 306 valence electrons. The molecule has 0 aliphatic carbocycles. The standard InChI is InChI=1S/C35H52FN7O12/c1-19(2)28(41-24(45)8-4-3-5-16-43-25(46)13-14-26(43)47)32(50)40-22(7-6-15-38-34(37)52)31(49)39-21-11-9-20(10-12-21)18-54-35(53)42-29-30(48)27(36)23(17-44)55-33(29)51/h9-14,19,22-23,27-30,33,35,42,44,48,51,53H,3-8,15-18H2,1-2H3,(H,39,49)(H,40,50)(H,41,45)(H3,37,38,52)/t22?,23-,27-,28?,29-,30+,33?,35?/m1/s1. The highest BCUT2D eigenvalue weighted by atomic mass is 19.1. The number of halogens is 1. The van der Waals surface area contributed by atoms with Crippen LogP contribution in [0.25, 0.3) is 0 Å². The van der Waals surface area contributed by atoms with Gasteiger partial charge in [0.15, 0.2) is 12.5 Å². The van der Waals surface area contributed by atoms with Crippen LogP contribution >= 0.6 is 0 Å². The normalized spacial score (nSPS) is 22.6. The minimum atomic E-state index is -2.03. The first-order valence-electron chi connectivity index (χ1n) is 18.0. The molecule has 11 N–H and O–H groups in total. The molecular weight excluding hydrogens is 729 g/mol. The molecule has 0 spiro atoms. The molecule has 1 aromatic rings. The summed E-state index contributed by atoms with van der Waals surface area (Å²) in [5.74, 6) is -2.65. The average Bonchev–Trinajstić information content (AvgIpc) is 3.46. The van der Waals surface area contributed by atoms with Crippen molar-refractivity contribution < 1.29 is 63.1 Å². The lowest BCUT2D eigenvalue weighted by molar-refractivity contribution is -0.256. The van der Waals surface area contributed by atoms with Gasteiger partial charge in [0.25, 0.3) is 11.8 Å². The van der Waals surface area contributed by atoms with Crippen molar-refractivity contribution in [3.05, 3.63) is 42.0 Å². The maximum atomic E-state index is 14.2. The highest BCUT2D eigenvalue weighted by Crippen LogP contribution is 2.23. The van der Waals surface area contributed by atoms with Crippen LogP contribution in [-0.2, 0) is 40.1 Å². The second kappa shape index (κ2) is 22.1. The van der Waals surface area contributed by atoms with E-state index in [4.69, 9.17) is 20.3 Å². The number of hydrogen-bond acceptors (Lipinski definition) is 13. The van der Waals surface area contributed by atoms with Crippen LogP contribution < -0.4 is 32.3 Å². The number of nitrogens with one attached hydrogen (secondary N) is 5. The number of carbonyl (C=O) groups excluding carboxylic acids is 6. The third-order valence-corrected chi connectivity index (χ3v) is 8.87. The average molecular weight is 782 g/mol. The number of urea groups is 1. The van der Waals surface area contributed by atoms with Crippen LogP contribution in [0.2, 0.25) is 0 Å². The highest BCUT2D eigenvalue weighted by molar-refractivity contribution is 6.12. The molecule has 2 aliphatic heterocycles. The third-order valence-electron chi connectivity index (χ3n) is 8.87. The van der Waals surface area contributed by atoms with E-state index in [0.717, 1.165) is 4.90 Å². The number of anilines is 1. The monoisotopic (exact) mass is 781 g/mol. The van der Waals surface area contributed by atoms with Gasteiger partial charge in [-0.05, 0) is 49.3 Å². The number of unbranched alkanes of at least 4 members (excludes halogenated alkanes) is 2. The van der Waals surface area contributed by atoms with E-state index in [-0.39, 0.29) is 62.6 Å². The summed E-state index contributed by atoms with van der Waals surface area (Å²) in [6.45, 7) is 2.89. The molecule has 0 saturated carbocycles. The number of primary amides is 1. The Kier molecular flexibility index (Phi) is 18.0. The van der Waals surface area contributed by atoms with Crippen LogP contribution in [0, 0.1) is 5.92 Å². The third kappa shape index (κ3) is 14.2. The van der Waals surface area contributed by atoms with Gasteiger partial charge in [-0.3, -0.25) is 34.2 Å². The minimum absolute atomic E-state index is 0.100. The molecule has 1 saturated heterocycles. The van der Waals surface area contributed by atoms with Crippen LogP contribution in [0.4, 0.5) is 14.9 Å². The van der Waals surface area contributed by atoms with Crippen LogP contribution in [0.3, 0.4) is 0 Å². The Morgan fingerprint density at radius 1 is 0.982 bits per heavy atom. The van der Waals surface area contributed by atoms with Crippen molar-refractivity contribution in [2.75, 3.05) is 25.0 Å². The van der Waals surface area contributed by atoms with Gasteiger partial charge in [0.2, 0.25) is 24.1 Å². The lowest BCUT2D eigenvalue weighted by Gasteiger charge is -2.40. The summed E-state index contributed by atoms with van der Waals surface area (Å²) >= 11 is 0. The van der Waals surface area contributed by atoms with Crippen molar-refractivity contribution in [3.8, 4) is 0 Å². The molecule has 2 aliphatic rings. The SMILES string of the molecule is CC(C)C(NC(=O)CCCCCN1C(=O)C=CC1=O)C(=O)NC(CCCNC(N)=O)C(=O)Nc1ccc(COC(O)N[C@H]2C(O)O[C@H](CO)[C@@H](F)[C@@H]2O)cc1. The second-order valence-corrected chi connectivity index (χ2v) is 13.5. The van der Waals surface area contributed by atoms with Gasteiger partial charge in [-0.15, -0.1) is 0 Å². The van der Waals surface area contributed by atoms with Crippen molar-refractivity contribution >= 4 is 41.3 Å². The number of rotatable bonds is 22. The van der Waals surface area contributed by atoms with Gasteiger partial charge in [0, 0.05) is 37.3 Å². The number of aliphatic hydroxyl groups excluding tert-OH is 4. The van der Waals surface area contributed by atoms with Crippen LogP contribution in [-0.4, -0.2) is 130 Å². The Labute approximate surface area is 317 Å². The topological polar surface area (TPSA) is 291 Å². The van der Waals surface area contributed by atoms with Crippen molar-refractivity contribution in [3.63, 3.8) is 0 Å². The quantitative estimate of drug-likeness (QED) is 0.0359. The molecule has 0 radical (unpaired) electrons. The number of nitrogens with two attached hydrogens (primary N) is 1. The molecule has 19 nitrogen and oxygen atoms in total. The number of benzene rings is 1. The number of imide groups is 1. The Balaban J connectivity index is 1.52. The van der Waals surface area contributed by atoms with Gasteiger partial charge in [0.05, 0.1) is 19.3 Å². The summed E-state index contributed by atoms with van der Waals surface area (Å²) < 4.78 is 24.4. The fraction of sp³-hybridized carbons (Fsp3) is 0.600. The minimum Gasteiger partial charge on any atom is -0.394 e. The first-order chi connectivity index (χ1) is 26.1. The summed E-state index contributed by atoms with van der Waals surface area (Å²) in [4.78, 5) is 75.2. The van der Waals surface area contributed by atoms with Crippen LogP contribution in [0.15, 0.2) is 36.4 Å². The van der Waals surface area contributed by atoms with Crippen molar-refractivity contribution in [2.24, 2.45) is 11.7 Å². The number of amides is 7. The fourth-order valence-electron chi connectivity index (χ4n) is 5.76. The zero-order chi connectivity index (χ0) is 40.7. The molecule has 3 rings (SSSR count). The summed E-state index contributed by atoms with van der Waals surface area (Å²) in [5, 5.41) is 52.4. The van der Waals surface area contributed by atoms with E-state index in [9.17, 15) is 48.5 Å². The zero-order valence-electron chi connectivity index (χ0n) is 30.7. The predicted molar refractivity (Wildman–Crippen MR) is 192 cm³/mol. The molecule has 1 aromatic carbocycles. The van der Waals surface area contributed by atoms with E-state index >= 15 is 0 Å². The summed E-state index contributed by atoms with van der Waals surface area (Å²) in [7, 11) is 0. The molecule has 2 heterocycles. The molecule has 7 amide bonds. The van der Waals surface area contributed by atoms with E-state index in [0.29, 0.717) is 30.5 Å². The summed E-state index contributed by atoms with van der Waals surface area (Å²) in [6, 6.07) is 1.93. The Bertz CT molecular complexity index is 1480. The first kappa shape index (κ1) is 44.8. The molecule has 8 atom stereocenters. The largest absolute Gasteiger partial charge is 0.394 e. The smallest absolute Gasteiger partial charge is 0.312 e. The number of carbonyl (C=O) groups is 6. The number of nitrogens with zero attached hydrogens (tertiary/aromatic N) is 1. The molecule has 0 bridgehead atoms. The molecule has 1 fully saturated rings. The van der Waals surface area contributed by atoms with Crippen molar-refractivity contribution in [2.45, 2.75) is 108 Å². The first-order valence-corrected chi connectivity index (χ1v) is 18.0. The molecule has 4 unspecified atom stereocenters. The lowest BCUT2D eigenvalue weighted by atomic mass is 9.98. The maximum Gasteiger partial charge on any atom is 0.312 e. The maximum absolute atomic E-state index is 14.2. The van der Waals surface area contributed by atoms with Gasteiger partial charge < -0.3 is 56.9 Å². The Hall–Kier alpha value is -4.57. The number of aliphatic hydroxyl groups is 4. The van der Waals surface area contributed by atoms with E-state index in [1.807, 2.05) is 0 Å². The summed E-state index contributed by atoms with van der Waals surface area (Å²) in [5.41, 5.74) is 6.00. The van der Waals surface area contributed by atoms with E-state index in [1.54, 1.807) is 26.0 Å². The highest BCUT2D eigenvalue weighted by Gasteiger charge is 2.45. The Morgan fingerprint density at radius 2 is 1.65 bits per heavy atom. The lowest BCUT2D eigenvalue weighted by Crippen LogP contribution is -2.63. The predicted octanol–water partition coefficient (Wildman–Crippen LogP) is -1.66. The van der Waals surface area contributed by atoms with E-state index < -0.39 is 73.7 Å². The van der Waals surface area contributed by atoms with Crippen molar-refractivity contribution in [1.82, 2.24) is 26.2 Å². The van der Waals surface area contributed by atoms with Gasteiger partial charge in [-0.25, -0.2) is 9.18 Å². The molecule has 0 aromatic heterocycles. The van der Waals surface area contributed by atoms with Gasteiger partial charge >= 0.3 is 6.03 Å². The van der Waals surface area contributed by atoms with Gasteiger partial charge in [0.1, 0.15) is 24.3 Å². The molecule has 55 heavy (non-hydrogen) atoms. The van der Waals surface area contributed by atoms with Crippen LogP contribution in [0.1, 0.15) is 57.9 Å². The zero-order valence-corrected chi connectivity index (χ0v) is 30.7. The molecular formula is C35H52FN7O12. The van der Waals surface area contributed by atoms with Gasteiger partial charge in [-0.1, -0.05) is 32.4 Å². The number of alkyl halides is 1. The van der Waals surface area contributed by atoms with E-state index in [2.05, 4.69) is 26.6 Å². The van der Waals surface area contributed by atoms with Gasteiger partial charge in [-0.2, -0.15) is 0 Å². The number of ether oxygens (including phenoxy) is 2. The Morgan fingerprint density at radius 3 is 2.27 bits per heavy atom. The van der Waals surface area contributed by atoms with E-state index in [1.165, 1.54) is 24.3 Å². The number of hydrogen-bond donors (Lipinski definition) is 10. The van der Waals surface area contributed by atoms with Crippen LogP contribution in [0.5, 0.6) is 0 Å². The molecule has 20 heteroatoms.